The van der Waals surface area contributed by atoms with Crippen LogP contribution in [-0.2, 0) is 41.9 Å². The molecule has 1 aliphatic rings. The Balaban J connectivity index is 1.73. The molecule has 0 fully saturated rings. The van der Waals surface area contributed by atoms with Crippen molar-refractivity contribution in [2.24, 2.45) is 0 Å². The van der Waals surface area contributed by atoms with Crippen molar-refractivity contribution >= 4 is 17.3 Å². The van der Waals surface area contributed by atoms with E-state index >= 15 is 0 Å². The summed E-state index contributed by atoms with van der Waals surface area (Å²) in [6, 6.07) is 16.9. The summed E-state index contributed by atoms with van der Waals surface area (Å²) in [4.78, 5) is 19.2. The van der Waals surface area contributed by atoms with Crippen LogP contribution in [0.5, 0.6) is 0 Å². The number of ether oxygens (including phenoxy) is 1. The van der Waals surface area contributed by atoms with Gasteiger partial charge in [-0.05, 0) is 61.9 Å². The molecule has 0 spiro atoms. The molecule has 0 radical (unpaired) electrons. The zero-order valence-corrected chi connectivity index (χ0v) is 20.6. The van der Waals surface area contributed by atoms with Crippen LogP contribution in [0.25, 0.3) is 0 Å². The normalized spacial score (nSPS) is 13.4. The first kappa shape index (κ1) is 24.5. The summed E-state index contributed by atoms with van der Waals surface area (Å²) in [5.74, 6) is -0.252. The Labute approximate surface area is 206 Å². The van der Waals surface area contributed by atoms with Crippen LogP contribution in [0.4, 0.5) is 11.4 Å². The smallest absolute Gasteiger partial charge is 0.316 e. The number of carbonyl (C=O) groups is 1. The first-order chi connectivity index (χ1) is 17.0. The number of imidazole rings is 1. The van der Waals surface area contributed by atoms with Crippen molar-refractivity contribution in [2.75, 3.05) is 18.1 Å². The number of aromatic nitrogens is 2. The molecule has 2 heterocycles. The summed E-state index contributed by atoms with van der Waals surface area (Å²) >= 11 is 0. The molecule has 182 valence electrons. The number of aliphatic hydroxyl groups excluding tert-OH is 1. The van der Waals surface area contributed by atoms with Crippen LogP contribution in [0.2, 0.25) is 0 Å². The van der Waals surface area contributed by atoms with Gasteiger partial charge in [0.05, 0.1) is 25.0 Å². The van der Waals surface area contributed by atoms with Crippen molar-refractivity contribution in [3.63, 3.8) is 0 Å². The molecule has 4 rings (SSSR count). The van der Waals surface area contributed by atoms with Crippen LogP contribution in [0.15, 0.2) is 42.5 Å². The topological polar surface area (TPSA) is 91.4 Å². The maximum absolute atomic E-state index is 12.5. The highest BCUT2D eigenvalue weighted by Crippen LogP contribution is 2.36. The fraction of sp³-hybridized carbons (Fsp3) is 0.393. The molecule has 3 aromatic rings. The molecular formula is C28H32N4O3. The minimum Gasteiger partial charge on any atom is -0.465 e. The molecule has 0 saturated heterocycles. The van der Waals surface area contributed by atoms with Gasteiger partial charge in [-0.2, -0.15) is 5.26 Å². The third kappa shape index (κ3) is 4.80. The maximum atomic E-state index is 12.5. The van der Waals surface area contributed by atoms with Gasteiger partial charge >= 0.3 is 5.97 Å². The highest BCUT2D eigenvalue weighted by molar-refractivity contribution is 5.76. The predicted molar refractivity (Wildman–Crippen MR) is 135 cm³/mol. The Morgan fingerprint density at radius 2 is 1.91 bits per heavy atom. The van der Waals surface area contributed by atoms with E-state index in [1.807, 2.05) is 23.6 Å². The van der Waals surface area contributed by atoms with E-state index in [0.29, 0.717) is 31.1 Å². The number of aryl methyl sites for hydroxylation is 2. The molecule has 1 aromatic heterocycles. The van der Waals surface area contributed by atoms with Crippen molar-refractivity contribution in [1.82, 2.24) is 9.55 Å². The van der Waals surface area contributed by atoms with Crippen LogP contribution in [0.1, 0.15) is 60.6 Å². The number of hydrogen-bond acceptors (Lipinski definition) is 6. The van der Waals surface area contributed by atoms with E-state index in [2.05, 4.69) is 46.3 Å². The van der Waals surface area contributed by atoms with Crippen molar-refractivity contribution in [3.8, 4) is 6.07 Å². The van der Waals surface area contributed by atoms with Gasteiger partial charge in [-0.15, -0.1) is 0 Å². The SMILES string of the molecule is CCOC(=O)C(C)c1nc(CO)c(CC)n1Cc1ccc2c(c1)CCc1ccccc1N2CC#N. The van der Waals surface area contributed by atoms with Gasteiger partial charge in [-0.25, -0.2) is 4.98 Å². The molecule has 0 amide bonds. The number of rotatable bonds is 8. The molecule has 1 atom stereocenters. The number of benzene rings is 2. The van der Waals surface area contributed by atoms with E-state index in [-0.39, 0.29) is 19.1 Å². The van der Waals surface area contributed by atoms with Gasteiger partial charge in [0.2, 0.25) is 0 Å². The number of hydrogen-bond donors (Lipinski definition) is 1. The molecule has 35 heavy (non-hydrogen) atoms. The molecule has 1 unspecified atom stereocenters. The monoisotopic (exact) mass is 472 g/mol. The molecule has 0 saturated carbocycles. The lowest BCUT2D eigenvalue weighted by molar-refractivity contribution is -0.144. The highest BCUT2D eigenvalue weighted by Gasteiger charge is 2.26. The predicted octanol–water partition coefficient (Wildman–Crippen LogP) is 4.41. The number of esters is 1. The van der Waals surface area contributed by atoms with Crippen LogP contribution in [0.3, 0.4) is 0 Å². The van der Waals surface area contributed by atoms with Gasteiger partial charge in [0.25, 0.3) is 0 Å². The zero-order chi connectivity index (χ0) is 24.9. The van der Waals surface area contributed by atoms with Gasteiger partial charge in [-0.3, -0.25) is 4.79 Å². The van der Waals surface area contributed by atoms with Crippen LogP contribution in [-0.4, -0.2) is 33.8 Å². The summed E-state index contributed by atoms with van der Waals surface area (Å²) in [6.07, 6.45) is 2.47. The summed E-state index contributed by atoms with van der Waals surface area (Å²) in [7, 11) is 0. The van der Waals surface area contributed by atoms with Gasteiger partial charge in [0, 0.05) is 23.6 Å². The van der Waals surface area contributed by atoms with Crippen LogP contribution in [0, 0.1) is 11.3 Å². The standard InChI is InChI=1S/C28H32N4O3/c1-4-24-23(18-33)30-27(19(3)28(34)35-5-2)32(24)17-20-10-13-26-22(16-20)12-11-21-8-6-7-9-25(21)31(26)15-14-29/h6-10,13,16,19,33H,4-5,11-12,15,17-18H2,1-3H3. The minimum absolute atomic E-state index is 0.176. The average molecular weight is 473 g/mol. The fourth-order valence-electron chi connectivity index (χ4n) is 4.97. The largest absolute Gasteiger partial charge is 0.465 e. The third-order valence-corrected chi connectivity index (χ3v) is 6.65. The molecule has 0 bridgehead atoms. The Morgan fingerprint density at radius 1 is 1.17 bits per heavy atom. The maximum Gasteiger partial charge on any atom is 0.316 e. The number of fused-ring (bicyclic) bond motifs is 2. The number of anilines is 2. The van der Waals surface area contributed by atoms with E-state index < -0.39 is 5.92 Å². The minimum atomic E-state index is -0.540. The lowest BCUT2D eigenvalue weighted by Gasteiger charge is -2.24. The van der Waals surface area contributed by atoms with Crippen molar-refractivity contribution in [2.45, 2.75) is 59.1 Å². The lowest BCUT2D eigenvalue weighted by atomic mass is 10.0. The molecule has 7 nitrogen and oxygen atoms in total. The number of carbonyl (C=O) groups excluding carboxylic acids is 1. The first-order valence-electron chi connectivity index (χ1n) is 12.2. The quantitative estimate of drug-likeness (QED) is 0.386. The van der Waals surface area contributed by atoms with E-state index in [0.717, 1.165) is 35.5 Å². The van der Waals surface area contributed by atoms with Gasteiger partial charge < -0.3 is 19.3 Å². The second-order valence-corrected chi connectivity index (χ2v) is 8.77. The van der Waals surface area contributed by atoms with Gasteiger partial charge in [0.1, 0.15) is 18.3 Å². The van der Waals surface area contributed by atoms with Gasteiger partial charge in [0.15, 0.2) is 0 Å². The second kappa shape index (κ2) is 10.7. The van der Waals surface area contributed by atoms with E-state index in [1.165, 1.54) is 11.1 Å². The lowest BCUT2D eigenvalue weighted by Crippen LogP contribution is -2.20. The van der Waals surface area contributed by atoms with Crippen LogP contribution < -0.4 is 4.90 Å². The second-order valence-electron chi connectivity index (χ2n) is 8.77. The summed E-state index contributed by atoms with van der Waals surface area (Å²) in [5.41, 5.74) is 7.17. The zero-order valence-electron chi connectivity index (χ0n) is 20.6. The number of para-hydroxylation sites is 1. The molecular weight excluding hydrogens is 440 g/mol. The molecule has 7 heteroatoms. The Bertz CT molecular complexity index is 1260. The number of nitrogens with zero attached hydrogens (tertiary/aromatic N) is 4. The Morgan fingerprint density at radius 3 is 2.63 bits per heavy atom. The van der Waals surface area contributed by atoms with Crippen molar-refractivity contribution in [1.29, 1.82) is 5.26 Å². The van der Waals surface area contributed by atoms with Crippen molar-refractivity contribution in [3.05, 3.63) is 76.4 Å². The molecule has 2 aromatic carbocycles. The average Bonchev–Trinajstić information content (AvgIpc) is 3.15. The summed E-state index contributed by atoms with van der Waals surface area (Å²) in [6.45, 7) is 6.57. The first-order valence-corrected chi connectivity index (χ1v) is 12.2. The van der Waals surface area contributed by atoms with E-state index in [9.17, 15) is 15.2 Å². The molecule has 0 aliphatic carbocycles. The number of nitriles is 1. The summed E-state index contributed by atoms with van der Waals surface area (Å²) < 4.78 is 7.30. The highest BCUT2D eigenvalue weighted by atomic mass is 16.5. The van der Waals surface area contributed by atoms with Crippen molar-refractivity contribution < 1.29 is 14.6 Å². The van der Waals surface area contributed by atoms with E-state index in [4.69, 9.17) is 4.74 Å². The van der Waals surface area contributed by atoms with E-state index in [1.54, 1.807) is 13.8 Å². The number of aliphatic hydroxyl groups is 1. The molecule has 1 N–H and O–H groups in total. The summed E-state index contributed by atoms with van der Waals surface area (Å²) in [5, 5.41) is 19.4. The Hall–Kier alpha value is -3.63. The van der Waals surface area contributed by atoms with Gasteiger partial charge in [-0.1, -0.05) is 37.3 Å². The van der Waals surface area contributed by atoms with Crippen LogP contribution >= 0.6 is 0 Å². The fourth-order valence-corrected chi connectivity index (χ4v) is 4.97. The third-order valence-electron chi connectivity index (χ3n) is 6.65. The molecule has 1 aliphatic heterocycles. The Kier molecular flexibility index (Phi) is 7.52.